The third kappa shape index (κ3) is 5.50. The molecule has 0 amide bonds. The van der Waals surface area contributed by atoms with Crippen molar-refractivity contribution >= 4 is 0 Å². The topological polar surface area (TPSA) is 0 Å². The molecule has 1 aliphatic carbocycles. The Morgan fingerprint density at radius 2 is 1.54 bits per heavy atom. The van der Waals surface area contributed by atoms with E-state index in [0.29, 0.717) is 5.92 Å². The van der Waals surface area contributed by atoms with Crippen molar-refractivity contribution in [2.45, 2.75) is 71.1 Å². The molecule has 0 aliphatic heterocycles. The van der Waals surface area contributed by atoms with Gasteiger partial charge in [-0.2, -0.15) is 0 Å². The highest BCUT2D eigenvalue weighted by Crippen LogP contribution is 2.35. The molecule has 0 heteroatoms. The molecule has 0 aromatic heterocycles. The molecule has 0 atom stereocenters. The zero-order valence-electron chi connectivity index (χ0n) is 16.4. The largest absolute Gasteiger partial charge is 0.0945 e. The van der Waals surface area contributed by atoms with Gasteiger partial charge in [0, 0.05) is 11.5 Å². The van der Waals surface area contributed by atoms with Crippen LogP contribution >= 0.6 is 0 Å². The van der Waals surface area contributed by atoms with Crippen LogP contribution in [-0.2, 0) is 6.42 Å². The van der Waals surface area contributed by atoms with Crippen molar-refractivity contribution in [3.05, 3.63) is 70.8 Å². The fourth-order valence-electron chi connectivity index (χ4n) is 3.93. The Balaban J connectivity index is 1.50. The highest BCUT2D eigenvalue weighted by molar-refractivity contribution is 5.36. The first kappa shape index (κ1) is 18.8. The average Bonchev–Trinajstić information content (AvgIpc) is 2.69. The second kappa shape index (κ2) is 9.63. The van der Waals surface area contributed by atoms with Crippen LogP contribution in [0.1, 0.15) is 80.0 Å². The van der Waals surface area contributed by atoms with Crippen LogP contribution in [0.2, 0.25) is 0 Å². The van der Waals surface area contributed by atoms with Crippen LogP contribution in [0.4, 0.5) is 0 Å². The fourth-order valence-corrected chi connectivity index (χ4v) is 3.93. The van der Waals surface area contributed by atoms with E-state index >= 15 is 0 Å². The smallest absolute Gasteiger partial charge is 0.0245 e. The van der Waals surface area contributed by atoms with Gasteiger partial charge in [-0.25, -0.2) is 0 Å². The van der Waals surface area contributed by atoms with E-state index < -0.39 is 0 Å². The lowest BCUT2D eigenvalue weighted by molar-refractivity contribution is 0.384. The van der Waals surface area contributed by atoms with Gasteiger partial charge in [0.1, 0.15) is 0 Å². The molecule has 26 heavy (non-hydrogen) atoms. The summed E-state index contributed by atoms with van der Waals surface area (Å²) in [6.07, 6.45) is 10.2. The Morgan fingerprint density at radius 1 is 0.846 bits per heavy atom. The third-order valence-corrected chi connectivity index (χ3v) is 5.72. The Hall–Kier alpha value is -2.00. The highest BCUT2D eigenvalue weighted by Gasteiger charge is 2.21. The molecular formula is C26H32. The van der Waals surface area contributed by atoms with Crippen LogP contribution in [-0.4, -0.2) is 0 Å². The minimum Gasteiger partial charge on any atom is -0.0945 e. The number of unbranched alkanes of at least 4 members (excludes halogenated alkanes) is 2. The predicted molar refractivity (Wildman–Crippen MR) is 112 cm³/mol. The molecule has 1 aliphatic rings. The first-order chi connectivity index (χ1) is 12.7. The Morgan fingerprint density at radius 3 is 2.19 bits per heavy atom. The third-order valence-electron chi connectivity index (χ3n) is 5.72. The molecule has 0 nitrogen and oxygen atoms in total. The molecule has 1 fully saturated rings. The maximum atomic E-state index is 3.52. The SMILES string of the molecule is CCCCCc1ccc(C2CCC(C#Cc3ccc(C)cc3)CC2)cc1. The van der Waals surface area contributed by atoms with E-state index in [1.54, 1.807) is 0 Å². The van der Waals surface area contributed by atoms with Crippen LogP contribution in [0, 0.1) is 24.7 Å². The zero-order valence-corrected chi connectivity index (χ0v) is 16.4. The minimum atomic E-state index is 0.570. The first-order valence-electron chi connectivity index (χ1n) is 10.4. The van der Waals surface area contributed by atoms with Crippen LogP contribution < -0.4 is 0 Å². The summed E-state index contributed by atoms with van der Waals surface area (Å²) in [5.41, 5.74) is 5.48. The van der Waals surface area contributed by atoms with Crippen molar-refractivity contribution < 1.29 is 0 Å². The summed E-state index contributed by atoms with van der Waals surface area (Å²) in [6, 6.07) is 18.0. The monoisotopic (exact) mass is 344 g/mol. The second-order valence-corrected chi connectivity index (χ2v) is 7.88. The van der Waals surface area contributed by atoms with E-state index in [1.165, 1.54) is 68.1 Å². The summed E-state index contributed by atoms with van der Waals surface area (Å²) >= 11 is 0. The molecule has 136 valence electrons. The highest BCUT2D eigenvalue weighted by atomic mass is 14.2. The molecule has 0 unspecified atom stereocenters. The summed E-state index contributed by atoms with van der Waals surface area (Å²) in [5, 5.41) is 0. The molecule has 0 radical (unpaired) electrons. The van der Waals surface area contributed by atoms with Crippen molar-refractivity contribution in [1.29, 1.82) is 0 Å². The summed E-state index contributed by atoms with van der Waals surface area (Å²) < 4.78 is 0. The van der Waals surface area contributed by atoms with E-state index in [0.717, 1.165) is 11.5 Å². The summed E-state index contributed by atoms with van der Waals surface area (Å²) in [7, 11) is 0. The predicted octanol–water partition coefficient (Wildman–Crippen LogP) is 7.05. The number of hydrogen-bond acceptors (Lipinski definition) is 0. The van der Waals surface area contributed by atoms with Crippen molar-refractivity contribution in [3.63, 3.8) is 0 Å². The maximum Gasteiger partial charge on any atom is 0.0245 e. The van der Waals surface area contributed by atoms with Gasteiger partial charge in [-0.05, 0) is 74.6 Å². The quantitative estimate of drug-likeness (QED) is 0.402. The molecule has 0 spiro atoms. The first-order valence-corrected chi connectivity index (χ1v) is 10.4. The fraction of sp³-hybridized carbons (Fsp3) is 0.462. The normalized spacial score (nSPS) is 19.6. The van der Waals surface area contributed by atoms with E-state index in [2.05, 4.69) is 74.2 Å². The number of rotatable bonds is 5. The van der Waals surface area contributed by atoms with Crippen molar-refractivity contribution in [3.8, 4) is 11.8 Å². The van der Waals surface area contributed by atoms with Crippen LogP contribution in [0.15, 0.2) is 48.5 Å². The van der Waals surface area contributed by atoms with E-state index in [-0.39, 0.29) is 0 Å². The van der Waals surface area contributed by atoms with Gasteiger partial charge in [0.2, 0.25) is 0 Å². The van der Waals surface area contributed by atoms with Crippen LogP contribution in [0.3, 0.4) is 0 Å². The lowest BCUT2D eigenvalue weighted by Crippen LogP contribution is -2.12. The average molecular weight is 345 g/mol. The second-order valence-electron chi connectivity index (χ2n) is 7.88. The molecule has 0 heterocycles. The molecule has 0 bridgehead atoms. The number of hydrogen-bond donors (Lipinski definition) is 0. The maximum absolute atomic E-state index is 3.52. The van der Waals surface area contributed by atoms with Crippen LogP contribution in [0.25, 0.3) is 0 Å². The van der Waals surface area contributed by atoms with Gasteiger partial charge in [0.15, 0.2) is 0 Å². The van der Waals surface area contributed by atoms with Gasteiger partial charge in [-0.1, -0.05) is 73.6 Å². The molecule has 2 aromatic rings. The van der Waals surface area contributed by atoms with Gasteiger partial charge in [0.05, 0.1) is 0 Å². The van der Waals surface area contributed by atoms with Gasteiger partial charge >= 0.3 is 0 Å². The summed E-state index contributed by atoms with van der Waals surface area (Å²) in [6.45, 7) is 4.39. The minimum absolute atomic E-state index is 0.570. The molecule has 1 saturated carbocycles. The molecule has 3 rings (SSSR count). The summed E-state index contributed by atoms with van der Waals surface area (Å²) in [5.74, 6) is 8.20. The van der Waals surface area contributed by atoms with E-state index in [4.69, 9.17) is 0 Å². The summed E-state index contributed by atoms with van der Waals surface area (Å²) in [4.78, 5) is 0. The molecular weight excluding hydrogens is 312 g/mol. The van der Waals surface area contributed by atoms with Crippen LogP contribution in [0.5, 0.6) is 0 Å². The molecule has 0 N–H and O–H groups in total. The number of aryl methyl sites for hydroxylation is 2. The van der Waals surface area contributed by atoms with Crippen molar-refractivity contribution in [1.82, 2.24) is 0 Å². The van der Waals surface area contributed by atoms with Crippen molar-refractivity contribution in [2.75, 3.05) is 0 Å². The lowest BCUT2D eigenvalue weighted by Gasteiger charge is -2.26. The van der Waals surface area contributed by atoms with E-state index in [9.17, 15) is 0 Å². The van der Waals surface area contributed by atoms with E-state index in [1.807, 2.05) is 0 Å². The lowest BCUT2D eigenvalue weighted by atomic mass is 9.78. The Labute approximate surface area is 160 Å². The molecule has 0 saturated heterocycles. The molecule has 2 aromatic carbocycles. The van der Waals surface area contributed by atoms with Crippen molar-refractivity contribution in [2.24, 2.45) is 5.92 Å². The Bertz CT molecular complexity index is 716. The Kier molecular flexibility index (Phi) is 6.96. The standard InChI is InChI=1S/C26H32/c1-3-4-5-6-22-13-17-25(18-14-22)26-19-15-24(16-20-26)12-11-23-9-7-21(2)8-10-23/h7-10,13-14,17-18,24,26H,3-6,15-16,19-20H2,1-2H3. The zero-order chi connectivity index (χ0) is 18.2. The van der Waals surface area contributed by atoms with Gasteiger partial charge in [-0.15, -0.1) is 0 Å². The van der Waals surface area contributed by atoms with Gasteiger partial charge in [0.25, 0.3) is 0 Å². The van der Waals surface area contributed by atoms with Gasteiger partial charge in [-0.3, -0.25) is 0 Å². The number of benzene rings is 2. The van der Waals surface area contributed by atoms with Gasteiger partial charge < -0.3 is 0 Å².